The van der Waals surface area contributed by atoms with Crippen LogP contribution in [0.2, 0.25) is 0 Å². The van der Waals surface area contributed by atoms with Gasteiger partial charge in [0.2, 0.25) is 5.56 Å². The molecule has 1 aliphatic rings. The van der Waals surface area contributed by atoms with Gasteiger partial charge in [-0.25, -0.2) is 0 Å². The van der Waals surface area contributed by atoms with E-state index >= 15 is 0 Å². The first-order valence-electron chi connectivity index (χ1n) is 7.85. The smallest absolute Gasteiger partial charge is 0.270 e. The molecule has 3 N–H and O–H groups in total. The van der Waals surface area contributed by atoms with Crippen LogP contribution in [-0.2, 0) is 0 Å². The molecule has 0 saturated carbocycles. The molecule has 1 saturated heterocycles. The molecular weight excluding hydrogens is 348 g/mol. The largest absolute Gasteiger partial charge is 0.352 e. The van der Waals surface area contributed by atoms with Crippen LogP contribution >= 0.6 is 12.4 Å². The van der Waals surface area contributed by atoms with Crippen molar-refractivity contribution in [3.63, 3.8) is 0 Å². The van der Waals surface area contributed by atoms with Crippen molar-refractivity contribution in [2.24, 2.45) is 5.92 Å². The zero-order chi connectivity index (χ0) is 17.1. The number of non-ortho nitro benzene ring substituents is 1. The van der Waals surface area contributed by atoms with Crippen molar-refractivity contribution in [2.75, 3.05) is 19.6 Å². The number of carbonyl (C=O) groups excluding carboxylic acids is 1. The van der Waals surface area contributed by atoms with Crippen molar-refractivity contribution < 1.29 is 9.72 Å². The summed E-state index contributed by atoms with van der Waals surface area (Å²) in [5, 5.41) is 17.4. The minimum absolute atomic E-state index is 0. The van der Waals surface area contributed by atoms with Crippen LogP contribution in [0.15, 0.2) is 29.1 Å². The van der Waals surface area contributed by atoms with Crippen LogP contribution in [0.5, 0.6) is 0 Å². The van der Waals surface area contributed by atoms with E-state index in [9.17, 15) is 19.7 Å². The number of aromatic amines is 1. The van der Waals surface area contributed by atoms with Crippen molar-refractivity contribution in [1.82, 2.24) is 15.6 Å². The fraction of sp³-hybridized carbons (Fsp3) is 0.375. The van der Waals surface area contributed by atoms with Gasteiger partial charge < -0.3 is 15.6 Å². The van der Waals surface area contributed by atoms with E-state index in [-0.39, 0.29) is 23.7 Å². The van der Waals surface area contributed by atoms with E-state index in [1.165, 1.54) is 24.3 Å². The minimum Gasteiger partial charge on any atom is -0.352 e. The second-order valence-electron chi connectivity index (χ2n) is 5.96. The first kappa shape index (κ1) is 18.9. The molecule has 9 heteroatoms. The first-order chi connectivity index (χ1) is 11.5. The number of benzene rings is 1. The summed E-state index contributed by atoms with van der Waals surface area (Å²) in [5.41, 5.74) is 0.0136. The molecule has 0 spiro atoms. The maximum absolute atomic E-state index is 12.5. The lowest BCUT2D eigenvalue weighted by Gasteiger charge is -2.22. The molecule has 2 heterocycles. The van der Waals surface area contributed by atoms with E-state index in [4.69, 9.17) is 0 Å². The molecule has 0 bridgehead atoms. The molecule has 1 atom stereocenters. The van der Waals surface area contributed by atoms with Gasteiger partial charge in [-0.05, 0) is 37.9 Å². The fourth-order valence-electron chi connectivity index (χ4n) is 2.97. The van der Waals surface area contributed by atoms with Crippen molar-refractivity contribution in [3.8, 4) is 0 Å². The minimum atomic E-state index is -0.528. The van der Waals surface area contributed by atoms with E-state index in [0.717, 1.165) is 25.9 Å². The van der Waals surface area contributed by atoms with Gasteiger partial charge in [-0.2, -0.15) is 0 Å². The highest BCUT2D eigenvalue weighted by atomic mass is 35.5. The molecule has 1 aromatic heterocycles. The normalized spacial score (nSPS) is 16.9. The molecule has 2 aromatic rings. The molecule has 25 heavy (non-hydrogen) atoms. The molecule has 0 radical (unpaired) electrons. The molecule has 134 valence electrons. The molecule has 3 rings (SSSR count). The number of fused-ring (bicyclic) bond motifs is 1. The SMILES string of the molecule is Cl.O=C(NCC1CCCNC1)c1cc(=O)[nH]c2ccc([N+](=O)[O-])cc12. The Morgan fingerprint density at radius 2 is 2.16 bits per heavy atom. The number of nitro groups is 1. The van der Waals surface area contributed by atoms with Crippen LogP contribution < -0.4 is 16.2 Å². The van der Waals surface area contributed by atoms with Gasteiger partial charge in [0.25, 0.3) is 11.6 Å². The number of pyridine rings is 1. The van der Waals surface area contributed by atoms with E-state index < -0.39 is 16.4 Å². The summed E-state index contributed by atoms with van der Waals surface area (Å²) in [6.45, 7) is 2.35. The fourth-order valence-corrected chi connectivity index (χ4v) is 2.97. The third-order valence-electron chi connectivity index (χ3n) is 4.23. The number of H-pyrrole nitrogens is 1. The average molecular weight is 367 g/mol. The number of amides is 1. The Morgan fingerprint density at radius 3 is 2.84 bits per heavy atom. The van der Waals surface area contributed by atoms with Gasteiger partial charge in [-0.15, -0.1) is 12.4 Å². The number of carbonyl (C=O) groups is 1. The monoisotopic (exact) mass is 366 g/mol. The van der Waals surface area contributed by atoms with E-state index in [1.807, 2.05) is 0 Å². The number of piperidine rings is 1. The van der Waals surface area contributed by atoms with Gasteiger partial charge in [0, 0.05) is 35.6 Å². The van der Waals surface area contributed by atoms with E-state index in [1.54, 1.807) is 0 Å². The van der Waals surface area contributed by atoms with Crippen molar-refractivity contribution >= 4 is 34.9 Å². The topological polar surface area (TPSA) is 117 Å². The molecule has 1 amide bonds. The van der Waals surface area contributed by atoms with Crippen LogP contribution in [0.25, 0.3) is 10.9 Å². The lowest BCUT2D eigenvalue weighted by molar-refractivity contribution is -0.384. The number of halogens is 1. The highest BCUT2D eigenvalue weighted by molar-refractivity contribution is 6.06. The number of aromatic nitrogens is 1. The highest BCUT2D eigenvalue weighted by Gasteiger charge is 2.18. The molecular formula is C16H19ClN4O4. The molecule has 1 unspecified atom stereocenters. The lowest BCUT2D eigenvalue weighted by Crippen LogP contribution is -2.38. The second-order valence-corrected chi connectivity index (χ2v) is 5.96. The van der Waals surface area contributed by atoms with Crippen LogP contribution in [0.1, 0.15) is 23.2 Å². The average Bonchev–Trinajstić information content (AvgIpc) is 2.59. The molecule has 1 aromatic carbocycles. The number of nitrogens with zero attached hydrogens (tertiary/aromatic N) is 1. The molecule has 1 aliphatic heterocycles. The zero-order valence-electron chi connectivity index (χ0n) is 13.4. The summed E-state index contributed by atoms with van der Waals surface area (Å²) in [5.74, 6) is -0.0394. The summed E-state index contributed by atoms with van der Waals surface area (Å²) < 4.78 is 0. The first-order valence-corrected chi connectivity index (χ1v) is 7.85. The number of nitrogens with one attached hydrogen (secondary N) is 3. The van der Waals surface area contributed by atoms with Gasteiger partial charge >= 0.3 is 0 Å². The Balaban J connectivity index is 0.00000225. The van der Waals surface area contributed by atoms with Gasteiger partial charge in [-0.1, -0.05) is 0 Å². The van der Waals surface area contributed by atoms with Crippen LogP contribution in [0, 0.1) is 16.0 Å². The number of hydrogen-bond donors (Lipinski definition) is 3. The summed E-state index contributed by atoms with van der Waals surface area (Å²) in [6, 6.07) is 5.23. The predicted molar refractivity (Wildman–Crippen MR) is 96.4 cm³/mol. The lowest BCUT2D eigenvalue weighted by atomic mass is 9.99. The summed E-state index contributed by atoms with van der Waals surface area (Å²) in [4.78, 5) is 37.2. The standard InChI is InChI=1S/C16H18N4O4.ClH/c21-15-7-13(16(22)18-9-10-2-1-5-17-8-10)12-6-11(20(23)24)3-4-14(12)19-15;/h3-4,6-7,10,17H,1-2,5,8-9H2,(H,18,22)(H,19,21);1H. The van der Waals surface area contributed by atoms with Gasteiger partial charge in [0.05, 0.1) is 10.5 Å². The Hall–Kier alpha value is -2.45. The van der Waals surface area contributed by atoms with Crippen LogP contribution in [0.4, 0.5) is 5.69 Å². The van der Waals surface area contributed by atoms with Crippen molar-refractivity contribution in [3.05, 3.63) is 50.3 Å². The Morgan fingerprint density at radius 1 is 1.36 bits per heavy atom. The highest BCUT2D eigenvalue weighted by Crippen LogP contribution is 2.21. The quantitative estimate of drug-likeness (QED) is 0.561. The Bertz CT molecular complexity index is 846. The number of rotatable bonds is 4. The predicted octanol–water partition coefficient (Wildman–Crippen LogP) is 1.59. The van der Waals surface area contributed by atoms with Gasteiger partial charge in [-0.3, -0.25) is 19.7 Å². The maximum atomic E-state index is 12.5. The summed E-state index contributed by atoms with van der Waals surface area (Å²) >= 11 is 0. The molecule has 1 fully saturated rings. The van der Waals surface area contributed by atoms with Gasteiger partial charge in [0.1, 0.15) is 0 Å². The molecule has 8 nitrogen and oxygen atoms in total. The zero-order valence-corrected chi connectivity index (χ0v) is 14.2. The van der Waals surface area contributed by atoms with E-state index in [2.05, 4.69) is 15.6 Å². The van der Waals surface area contributed by atoms with Gasteiger partial charge in [0.15, 0.2) is 0 Å². The maximum Gasteiger partial charge on any atom is 0.270 e. The van der Waals surface area contributed by atoms with Crippen molar-refractivity contribution in [1.29, 1.82) is 0 Å². The van der Waals surface area contributed by atoms with Crippen LogP contribution in [-0.4, -0.2) is 35.4 Å². The number of nitro benzene ring substituents is 1. The summed E-state index contributed by atoms with van der Waals surface area (Å²) in [6.07, 6.45) is 2.11. The Kier molecular flexibility index (Phi) is 6.11. The summed E-state index contributed by atoms with van der Waals surface area (Å²) in [7, 11) is 0. The molecule has 0 aliphatic carbocycles. The third kappa shape index (κ3) is 4.34. The second kappa shape index (κ2) is 8.09. The Labute approximate surface area is 149 Å². The van der Waals surface area contributed by atoms with Crippen LogP contribution in [0.3, 0.4) is 0 Å². The third-order valence-corrected chi connectivity index (χ3v) is 4.23. The number of hydrogen-bond acceptors (Lipinski definition) is 5. The van der Waals surface area contributed by atoms with Crippen molar-refractivity contribution in [2.45, 2.75) is 12.8 Å². The van der Waals surface area contributed by atoms with E-state index in [0.29, 0.717) is 23.4 Å².